The molecule has 0 aliphatic heterocycles. The Balaban J connectivity index is 2.76. The monoisotopic (exact) mass is 405 g/mol. The van der Waals surface area contributed by atoms with Crippen molar-refractivity contribution in [3.8, 4) is 0 Å². The Morgan fingerprint density at radius 3 is 2.23 bits per heavy atom. The van der Waals surface area contributed by atoms with E-state index in [4.69, 9.17) is 9.47 Å². The summed E-state index contributed by atoms with van der Waals surface area (Å²) in [6.07, 6.45) is 0.771. The van der Waals surface area contributed by atoms with Crippen molar-refractivity contribution in [1.82, 2.24) is 0 Å². The normalized spacial score (nSPS) is 18.4. The van der Waals surface area contributed by atoms with E-state index in [1.54, 1.807) is 0 Å². The highest BCUT2D eigenvalue weighted by Gasteiger charge is 2.61. The Morgan fingerprint density at radius 1 is 1.23 bits per heavy atom. The fourth-order valence-corrected chi connectivity index (χ4v) is 2.98. The summed E-state index contributed by atoms with van der Waals surface area (Å²) in [4.78, 5) is 11.7. The zero-order valence-electron chi connectivity index (χ0n) is 14.2. The number of hydrogen-bond donors (Lipinski definition) is 0. The first-order chi connectivity index (χ1) is 11.8. The zero-order valence-corrected chi connectivity index (χ0v) is 15.0. The molecule has 26 heavy (non-hydrogen) atoms. The van der Waals surface area contributed by atoms with Gasteiger partial charge < -0.3 is 14.0 Å². The van der Waals surface area contributed by atoms with Crippen molar-refractivity contribution in [1.29, 1.82) is 0 Å². The number of carbonyl (C=O) groups is 1. The number of hydrogen-bond acceptors (Lipinski definition) is 6. The van der Waals surface area contributed by atoms with E-state index in [0.717, 1.165) is 19.3 Å². The molecule has 1 aliphatic carbocycles. The van der Waals surface area contributed by atoms with Gasteiger partial charge in [-0.25, -0.2) is 13.2 Å². The van der Waals surface area contributed by atoms with Gasteiger partial charge in [0.1, 0.15) is 0 Å². The summed E-state index contributed by atoms with van der Waals surface area (Å²) >= 11 is 0. The van der Waals surface area contributed by atoms with E-state index in [9.17, 15) is 35.3 Å². The average Bonchev–Trinajstić information content (AvgIpc) is 2.53. The maximum Gasteiger partial charge on any atom is 0.396 e. The summed E-state index contributed by atoms with van der Waals surface area (Å²) in [5.74, 6) is -6.24. The van der Waals surface area contributed by atoms with Crippen LogP contribution in [0.3, 0.4) is 0 Å². The molecule has 1 atom stereocenters. The molecule has 11 heteroatoms. The lowest BCUT2D eigenvalue weighted by molar-refractivity contribution is -0.207. The van der Waals surface area contributed by atoms with Crippen molar-refractivity contribution in [3.63, 3.8) is 0 Å². The van der Waals surface area contributed by atoms with Crippen LogP contribution >= 0.6 is 0 Å². The first kappa shape index (κ1) is 22.8. The van der Waals surface area contributed by atoms with Crippen LogP contribution in [0.5, 0.6) is 0 Å². The van der Waals surface area contributed by atoms with E-state index in [0.29, 0.717) is 12.8 Å². The fraction of sp³-hybridized carbons (Fsp3) is 0.800. The molecule has 0 heterocycles. The van der Waals surface area contributed by atoms with Gasteiger partial charge in [0, 0.05) is 17.9 Å². The van der Waals surface area contributed by atoms with Crippen molar-refractivity contribution >= 4 is 16.1 Å². The van der Waals surface area contributed by atoms with Crippen molar-refractivity contribution in [2.75, 3.05) is 6.61 Å². The van der Waals surface area contributed by atoms with Crippen LogP contribution in [-0.4, -0.2) is 43.0 Å². The molecule has 0 saturated heterocycles. The summed E-state index contributed by atoms with van der Waals surface area (Å²) in [6.45, 7) is 3.73. The van der Waals surface area contributed by atoms with Crippen LogP contribution in [0.15, 0.2) is 12.2 Å². The van der Waals surface area contributed by atoms with Gasteiger partial charge in [-0.1, -0.05) is 25.8 Å². The van der Waals surface area contributed by atoms with Gasteiger partial charge in [0.2, 0.25) is 6.29 Å². The van der Waals surface area contributed by atoms with Crippen LogP contribution < -0.4 is 0 Å². The van der Waals surface area contributed by atoms with E-state index < -0.39 is 46.6 Å². The molecule has 1 rings (SSSR count). The molecule has 0 aromatic carbocycles. The van der Waals surface area contributed by atoms with E-state index >= 15 is 0 Å². The topological polar surface area (TPSA) is 92.7 Å². The van der Waals surface area contributed by atoms with Crippen LogP contribution in [0, 0.1) is 5.92 Å². The Labute approximate surface area is 149 Å². The van der Waals surface area contributed by atoms with E-state index in [-0.39, 0.29) is 11.5 Å². The molecule has 1 aliphatic rings. The standard InChI is InChI=1S/C15H22F4O6S/c1-10(2)12(20)25-13(11-6-4-3-5-7-11)24-9-8-14(16,17)15(18,19)26(21,22)23/h11,13H,1,3-9H2,2H3,(H,21,22,23)/p-1. The lowest BCUT2D eigenvalue weighted by Gasteiger charge is -2.31. The first-order valence-electron chi connectivity index (χ1n) is 7.99. The molecule has 0 amide bonds. The van der Waals surface area contributed by atoms with Gasteiger partial charge in [0.05, 0.1) is 6.61 Å². The van der Waals surface area contributed by atoms with Gasteiger partial charge in [-0.15, -0.1) is 0 Å². The highest BCUT2D eigenvalue weighted by Crippen LogP contribution is 2.40. The predicted molar refractivity (Wildman–Crippen MR) is 81.4 cm³/mol. The maximum absolute atomic E-state index is 13.4. The Bertz CT molecular complexity index is 614. The SMILES string of the molecule is C=C(C)C(=O)OC(OCCC(F)(F)C(F)(F)S(=O)(=O)[O-])C1CCCCC1. The molecule has 0 spiro atoms. The minimum Gasteiger partial charge on any atom is -0.743 e. The molecular formula is C15H21F4O6S-. The lowest BCUT2D eigenvalue weighted by atomic mass is 9.89. The van der Waals surface area contributed by atoms with Gasteiger partial charge in [-0.3, -0.25) is 0 Å². The molecule has 0 N–H and O–H groups in total. The van der Waals surface area contributed by atoms with Crippen molar-refractivity contribution in [2.24, 2.45) is 5.92 Å². The highest BCUT2D eigenvalue weighted by molar-refractivity contribution is 7.86. The molecule has 1 fully saturated rings. The molecule has 6 nitrogen and oxygen atoms in total. The molecule has 0 bridgehead atoms. The maximum atomic E-state index is 13.4. The fourth-order valence-electron chi connectivity index (χ4n) is 2.51. The first-order valence-corrected chi connectivity index (χ1v) is 9.39. The Kier molecular flexibility index (Phi) is 7.61. The van der Waals surface area contributed by atoms with Gasteiger partial charge in [0.15, 0.2) is 10.1 Å². The molecular weight excluding hydrogens is 384 g/mol. The van der Waals surface area contributed by atoms with Gasteiger partial charge in [-0.2, -0.15) is 17.6 Å². The third kappa shape index (κ3) is 5.65. The third-order valence-electron chi connectivity index (χ3n) is 4.04. The van der Waals surface area contributed by atoms with E-state index in [1.165, 1.54) is 6.92 Å². The number of alkyl halides is 4. The van der Waals surface area contributed by atoms with Crippen LogP contribution in [0.4, 0.5) is 17.6 Å². The summed E-state index contributed by atoms with van der Waals surface area (Å²) in [7, 11) is -6.55. The zero-order chi connectivity index (χ0) is 20.2. The third-order valence-corrected chi connectivity index (χ3v) is 4.97. The molecule has 0 aromatic heterocycles. The molecule has 1 saturated carbocycles. The van der Waals surface area contributed by atoms with E-state index in [2.05, 4.69) is 6.58 Å². The number of halogens is 4. The van der Waals surface area contributed by atoms with Crippen LogP contribution in [0.25, 0.3) is 0 Å². The minimum atomic E-state index is -6.55. The summed E-state index contributed by atoms with van der Waals surface area (Å²) in [5.41, 5.74) is 0.0451. The van der Waals surface area contributed by atoms with Crippen molar-refractivity contribution < 1.29 is 44.8 Å². The second kappa shape index (κ2) is 8.66. The molecule has 0 aromatic rings. The lowest BCUT2D eigenvalue weighted by Crippen LogP contribution is -2.47. The number of ether oxygens (including phenoxy) is 2. The van der Waals surface area contributed by atoms with Gasteiger partial charge in [0.25, 0.3) is 0 Å². The Hall–Kier alpha value is -1.20. The van der Waals surface area contributed by atoms with E-state index in [1.807, 2.05) is 0 Å². The van der Waals surface area contributed by atoms with Crippen LogP contribution in [0.1, 0.15) is 45.4 Å². The smallest absolute Gasteiger partial charge is 0.396 e. The summed E-state index contributed by atoms with van der Waals surface area (Å²) in [5, 5.41) is -5.77. The summed E-state index contributed by atoms with van der Waals surface area (Å²) in [6, 6.07) is 0. The van der Waals surface area contributed by atoms with Crippen molar-refractivity contribution in [3.05, 3.63) is 12.2 Å². The van der Waals surface area contributed by atoms with Crippen LogP contribution in [-0.2, 0) is 24.4 Å². The predicted octanol–water partition coefficient (Wildman–Crippen LogP) is 3.19. The second-order valence-electron chi connectivity index (χ2n) is 6.25. The van der Waals surface area contributed by atoms with Crippen molar-refractivity contribution in [2.45, 2.75) is 62.9 Å². The Morgan fingerprint density at radius 2 is 1.77 bits per heavy atom. The second-order valence-corrected chi connectivity index (χ2v) is 7.67. The average molecular weight is 405 g/mol. The molecule has 152 valence electrons. The quantitative estimate of drug-likeness (QED) is 0.192. The number of esters is 1. The molecule has 1 unspecified atom stereocenters. The minimum absolute atomic E-state index is 0.0451. The number of carbonyl (C=O) groups excluding carboxylic acids is 1. The van der Waals surface area contributed by atoms with Gasteiger partial charge in [-0.05, 0) is 19.8 Å². The largest absolute Gasteiger partial charge is 0.743 e. The highest BCUT2D eigenvalue weighted by atomic mass is 32.2. The van der Waals surface area contributed by atoms with Gasteiger partial charge >= 0.3 is 17.1 Å². The summed E-state index contributed by atoms with van der Waals surface area (Å²) < 4.78 is 94.3. The number of rotatable bonds is 9. The molecule has 0 radical (unpaired) electrons. The van der Waals surface area contributed by atoms with Crippen LogP contribution in [0.2, 0.25) is 0 Å².